The molecule has 0 aromatic heterocycles. The molecule has 0 aliphatic carbocycles. The van der Waals surface area contributed by atoms with E-state index < -0.39 is 0 Å². The summed E-state index contributed by atoms with van der Waals surface area (Å²) in [4.78, 5) is 6.21. The smallest absolute Gasteiger partial charge is 0.191 e. The minimum absolute atomic E-state index is 0.499. The van der Waals surface area contributed by atoms with E-state index in [2.05, 4.69) is 24.9 Å². The lowest BCUT2D eigenvalue weighted by Gasteiger charge is -2.18. The van der Waals surface area contributed by atoms with Crippen LogP contribution in [0.2, 0.25) is 0 Å². The Morgan fingerprint density at radius 1 is 1.50 bits per heavy atom. The van der Waals surface area contributed by atoms with Crippen LogP contribution in [0.25, 0.3) is 0 Å². The predicted molar refractivity (Wildman–Crippen MR) is 74.0 cm³/mol. The number of hydrogen-bond acceptors (Lipinski definition) is 2. The maximum Gasteiger partial charge on any atom is 0.191 e. The van der Waals surface area contributed by atoms with Crippen LogP contribution in [0.3, 0.4) is 0 Å². The molecule has 4 heteroatoms. The first-order valence-electron chi connectivity index (χ1n) is 6.03. The SMILES string of the molecule is CC(C)CN=C(N)N(C)Cc1cccc(C#N)c1. The maximum absolute atomic E-state index is 8.84. The van der Waals surface area contributed by atoms with Gasteiger partial charge in [-0.3, -0.25) is 4.99 Å². The average Bonchev–Trinajstić information content (AvgIpc) is 2.36. The molecule has 0 saturated heterocycles. The molecule has 1 aromatic carbocycles. The first kappa shape index (κ1) is 14.0. The number of benzene rings is 1. The quantitative estimate of drug-likeness (QED) is 0.650. The van der Waals surface area contributed by atoms with Crippen molar-refractivity contribution in [2.45, 2.75) is 20.4 Å². The monoisotopic (exact) mass is 244 g/mol. The molecule has 0 heterocycles. The molecule has 1 rings (SSSR count). The molecule has 0 saturated carbocycles. The second kappa shape index (κ2) is 6.65. The Hall–Kier alpha value is -2.02. The fourth-order valence-electron chi connectivity index (χ4n) is 1.49. The summed E-state index contributed by atoms with van der Waals surface area (Å²) in [5, 5.41) is 8.84. The van der Waals surface area contributed by atoms with E-state index in [1.165, 1.54) is 0 Å². The zero-order valence-electron chi connectivity index (χ0n) is 11.2. The van der Waals surface area contributed by atoms with Crippen LogP contribution in [0, 0.1) is 17.2 Å². The second-order valence-electron chi connectivity index (χ2n) is 4.76. The van der Waals surface area contributed by atoms with Gasteiger partial charge in [0.1, 0.15) is 0 Å². The van der Waals surface area contributed by atoms with Crippen molar-refractivity contribution in [3.05, 3.63) is 35.4 Å². The van der Waals surface area contributed by atoms with Gasteiger partial charge in [-0.15, -0.1) is 0 Å². The highest BCUT2D eigenvalue weighted by atomic mass is 15.2. The van der Waals surface area contributed by atoms with Gasteiger partial charge >= 0.3 is 0 Å². The lowest BCUT2D eigenvalue weighted by atomic mass is 10.1. The van der Waals surface area contributed by atoms with Crippen LogP contribution < -0.4 is 5.73 Å². The van der Waals surface area contributed by atoms with E-state index in [0.717, 1.165) is 12.1 Å². The normalized spacial score (nSPS) is 11.4. The van der Waals surface area contributed by atoms with Gasteiger partial charge in [0, 0.05) is 20.1 Å². The summed E-state index contributed by atoms with van der Waals surface area (Å²) in [6.45, 7) is 5.59. The van der Waals surface area contributed by atoms with Crippen molar-refractivity contribution < 1.29 is 0 Å². The summed E-state index contributed by atoms with van der Waals surface area (Å²) in [5.74, 6) is 1.03. The van der Waals surface area contributed by atoms with Crippen molar-refractivity contribution in [3.63, 3.8) is 0 Å². The summed E-state index contributed by atoms with van der Waals surface area (Å²) in [6.07, 6.45) is 0. The Kier molecular flexibility index (Phi) is 5.19. The van der Waals surface area contributed by atoms with Crippen LogP contribution in [0.1, 0.15) is 25.0 Å². The van der Waals surface area contributed by atoms with E-state index in [1.54, 1.807) is 6.07 Å². The van der Waals surface area contributed by atoms with Gasteiger partial charge in [0.05, 0.1) is 11.6 Å². The van der Waals surface area contributed by atoms with Gasteiger partial charge in [0.15, 0.2) is 5.96 Å². The molecule has 0 spiro atoms. The number of guanidine groups is 1. The highest BCUT2D eigenvalue weighted by Gasteiger charge is 2.04. The van der Waals surface area contributed by atoms with Crippen LogP contribution in [-0.4, -0.2) is 24.5 Å². The maximum atomic E-state index is 8.84. The third-order valence-electron chi connectivity index (χ3n) is 2.49. The van der Waals surface area contributed by atoms with Crippen molar-refractivity contribution in [1.82, 2.24) is 4.90 Å². The van der Waals surface area contributed by atoms with Gasteiger partial charge in [-0.25, -0.2) is 0 Å². The fourth-order valence-corrected chi connectivity index (χ4v) is 1.49. The fraction of sp³-hybridized carbons (Fsp3) is 0.429. The lowest BCUT2D eigenvalue weighted by Crippen LogP contribution is -2.33. The van der Waals surface area contributed by atoms with Gasteiger partial charge in [-0.1, -0.05) is 26.0 Å². The van der Waals surface area contributed by atoms with Crippen LogP contribution in [-0.2, 0) is 6.54 Å². The Balaban J connectivity index is 2.66. The van der Waals surface area contributed by atoms with E-state index in [1.807, 2.05) is 30.1 Å². The summed E-state index contributed by atoms with van der Waals surface area (Å²) in [5.41, 5.74) is 7.62. The van der Waals surface area contributed by atoms with Crippen molar-refractivity contribution in [2.75, 3.05) is 13.6 Å². The summed E-state index contributed by atoms with van der Waals surface area (Å²) >= 11 is 0. The van der Waals surface area contributed by atoms with Gasteiger partial charge in [0.2, 0.25) is 0 Å². The molecule has 4 nitrogen and oxygen atoms in total. The van der Waals surface area contributed by atoms with Gasteiger partial charge in [0.25, 0.3) is 0 Å². The molecule has 0 aliphatic heterocycles. The largest absolute Gasteiger partial charge is 0.370 e. The third kappa shape index (κ3) is 4.46. The molecule has 0 radical (unpaired) electrons. The summed E-state index contributed by atoms with van der Waals surface area (Å²) in [7, 11) is 1.90. The van der Waals surface area contributed by atoms with Gasteiger partial charge in [-0.2, -0.15) is 5.26 Å². The number of hydrogen-bond donors (Lipinski definition) is 1. The number of nitrogens with zero attached hydrogens (tertiary/aromatic N) is 3. The highest BCUT2D eigenvalue weighted by molar-refractivity contribution is 5.77. The number of rotatable bonds is 4. The van der Waals surface area contributed by atoms with E-state index in [9.17, 15) is 0 Å². The molecule has 0 aliphatic rings. The first-order valence-corrected chi connectivity index (χ1v) is 6.03. The minimum Gasteiger partial charge on any atom is -0.370 e. The zero-order chi connectivity index (χ0) is 13.5. The highest BCUT2D eigenvalue weighted by Crippen LogP contribution is 2.06. The van der Waals surface area contributed by atoms with Crippen LogP contribution >= 0.6 is 0 Å². The number of nitriles is 1. The van der Waals surface area contributed by atoms with Crippen LogP contribution in [0.15, 0.2) is 29.3 Å². The molecule has 2 N–H and O–H groups in total. The molecule has 0 bridgehead atoms. The van der Waals surface area contributed by atoms with Crippen molar-refractivity contribution in [2.24, 2.45) is 16.6 Å². The van der Waals surface area contributed by atoms with Crippen molar-refractivity contribution >= 4 is 5.96 Å². The standard InChI is InChI=1S/C14H20N4/c1-11(2)9-17-14(16)18(3)10-13-6-4-5-12(7-13)8-15/h4-7,11H,9-10H2,1-3H3,(H2,16,17). The molecule has 96 valence electrons. The van der Waals surface area contributed by atoms with E-state index in [0.29, 0.717) is 24.0 Å². The van der Waals surface area contributed by atoms with Crippen molar-refractivity contribution in [1.29, 1.82) is 5.26 Å². The second-order valence-corrected chi connectivity index (χ2v) is 4.76. The van der Waals surface area contributed by atoms with Crippen LogP contribution in [0.5, 0.6) is 0 Å². The van der Waals surface area contributed by atoms with E-state index in [4.69, 9.17) is 11.0 Å². The number of aliphatic imine (C=N–C) groups is 1. The molecule has 18 heavy (non-hydrogen) atoms. The molecule has 0 unspecified atom stereocenters. The first-order chi connectivity index (χ1) is 8.52. The summed E-state index contributed by atoms with van der Waals surface area (Å²) < 4.78 is 0. The lowest BCUT2D eigenvalue weighted by molar-refractivity contribution is 0.489. The molecular formula is C14H20N4. The van der Waals surface area contributed by atoms with Gasteiger partial charge < -0.3 is 10.6 Å². The molecule has 1 aromatic rings. The topological polar surface area (TPSA) is 65.4 Å². The molecule has 0 fully saturated rings. The van der Waals surface area contributed by atoms with Crippen molar-refractivity contribution in [3.8, 4) is 6.07 Å². The number of nitrogens with two attached hydrogens (primary N) is 1. The van der Waals surface area contributed by atoms with E-state index in [-0.39, 0.29) is 0 Å². The average molecular weight is 244 g/mol. The Bertz CT molecular complexity index is 457. The zero-order valence-corrected chi connectivity index (χ0v) is 11.2. The molecule has 0 atom stereocenters. The third-order valence-corrected chi connectivity index (χ3v) is 2.49. The molecule has 0 amide bonds. The summed E-state index contributed by atoms with van der Waals surface area (Å²) in [6, 6.07) is 9.65. The minimum atomic E-state index is 0.499. The molecular weight excluding hydrogens is 224 g/mol. The van der Waals surface area contributed by atoms with Gasteiger partial charge in [-0.05, 0) is 23.6 Å². The van der Waals surface area contributed by atoms with Crippen LogP contribution in [0.4, 0.5) is 0 Å². The Labute approximate surface area is 109 Å². The Morgan fingerprint density at radius 2 is 2.22 bits per heavy atom. The van der Waals surface area contributed by atoms with E-state index >= 15 is 0 Å². The Morgan fingerprint density at radius 3 is 2.83 bits per heavy atom. The predicted octanol–water partition coefficient (Wildman–Crippen LogP) is 1.96.